The van der Waals surface area contributed by atoms with Crippen LogP contribution in [0.15, 0.2) is 48.5 Å². The molecule has 0 N–H and O–H groups in total. The molecule has 0 saturated heterocycles. The predicted octanol–water partition coefficient (Wildman–Crippen LogP) is 5.83. The van der Waals surface area contributed by atoms with Crippen LogP contribution in [0.3, 0.4) is 0 Å². The molecule has 25 heavy (non-hydrogen) atoms. The van der Waals surface area contributed by atoms with Gasteiger partial charge in [-0.25, -0.2) is 0 Å². The van der Waals surface area contributed by atoms with Gasteiger partial charge in [0.25, 0.3) is 0 Å². The standard InChI is InChI=1S/C16H11F6IO2/c1-24-12-6-2-10(3-7-12)14(15(17,18)19,16(20,21)22)11-4-8-13(25-23)9-5-11/h2-9H,1H3. The molecule has 2 aromatic carbocycles. The second-order valence-corrected chi connectivity index (χ2v) is 5.52. The Labute approximate surface area is 153 Å². The quantitative estimate of drug-likeness (QED) is 0.408. The zero-order chi connectivity index (χ0) is 18.9. The molecule has 0 fully saturated rings. The van der Waals surface area contributed by atoms with Gasteiger partial charge in [0, 0.05) is 0 Å². The smallest absolute Gasteiger partial charge is 0.411 e. The summed E-state index contributed by atoms with van der Waals surface area (Å²) in [5, 5.41) is 0. The number of alkyl halides is 6. The van der Waals surface area contributed by atoms with Crippen molar-refractivity contribution in [3.05, 3.63) is 59.7 Å². The minimum absolute atomic E-state index is 0.136. The van der Waals surface area contributed by atoms with Crippen LogP contribution in [0.25, 0.3) is 0 Å². The molecule has 0 atom stereocenters. The van der Waals surface area contributed by atoms with E-state index in [1.165, 1.54) is 30.1 Å². The van der Waals surface area contributed by atoms with Crippen molar-refractivity contribution in [3.63, 3.8) is 0 Å². The molecule has 136 valence electrons. The molecular formula is C16H11F6IO2. The van der Waals surface area contributed by atoms with E-state index in [9.17, 15) is 26.3 Å². The maximum atomic E-state index is 13.8. The van der Waals surface area contributed by atoms with Crippen LogP contribution in [-0.4, -0.2) is 19.5 Å². The molecule has 2 nitrogen and oxygen atoms in total. The summed E-state index contributed by atoms with van der Waals surface area (Å²) in [6, 6.07) is 7.28. The third-order valence-corrected chi connectivity index (χ3v) is 4.26. The van der Waals surface area contributed by atoms with Gasteiger partial charge in [0.05, 0.1) is 7.11 Å². The molecule has 2 rings (SSSR count). The average Bonchev–Trinajstić information content (AvgIpc) is 2.54. The number of hydrogen-bond donors (Lipinski definition) is 0. The predicted molar refractivity (Wildman–Crippen MR) is 87.0 cm³/mol. The fourth-order valence-electron chi connectivity index (χ4n) is 2.58. The highest BCUT2D eigenvalue weighted by atomic mass is 127. The number of ether oxygens (including phenoxy) is 1. The first-order valence-corrected chi connectivity index (χ1v) is 7.63. The lowest BCUT2D eigenvalue weighted by Gasteiger charge is -2.38. The van der Waals surface area contributed by atoms with Gasteiger partial charge >= 0.3 is 12.4 Å². The molecule has 0 heterocycles. The molecule has 0 radical (unpaired) electrons. The van der Waals surface area contributed by atoms with Crippen LogP contribution in [0.5, 0.6) is 11.5 Å². The van der Waals surface area contributed by atoms with Crippen molar-refractivity contribution in [2.45, 2.75) is 17.8 Å². The monoisotopic (exact) mass is 476 g/mol. The minimum Gasteiger partial charge on any atom is -0.497 e. The zero-order valence-electron chi connectivity index (χ0n) is 12.6. The van der Waals surface area contributed by atoms with E-state index in [1.807, 2.05) is 0 Å². The summed E-state index contributed by atoms with van der Waals surface area (Å²) < 4.78 is 92.5. The maximum absolute atomic E-state index is 13.8. The van der Waals surface area contributed by atoms with Crippen LogP contribution in [0, 0.1) is 0 Å². The molecule has 2 aromatic rings. The highest BCUT2D eigenvalue weighted by Gasteiger charge is 2.72. The van der Waals surface area contributed by atoms with Gasteiger partial charge in [-0.05, 0) is 35.4 Å². The van der Waals surface area contributed by atoms with Crippen molar-refractivity contribution < 1.29 is 34.1 Å². The molecule has 0 saturated carbocycles. The molecule has 9 heteroatoms. The van der Waals surface area contributed by atoms with E-state index in [1.54, 1.807) is 0 Å². The Hall–Kier alpha value is -1.65. The topological polar surface area (TPSA) is 18.5 Å². The third kappa shape index (κ3) is 3.38. The van der Waals surface area contributed by atoms with Crippen LogP contribution >= 0.6 is 23.0 Å². The van der Waals surface area contributed by atoms with E-state index in [2.05, 4.69) is 0 Å². The fourth-order valence-corrected chi connectivity index (χ4v) is 2.87. The van der Waals surface area contributed by atoms with E-state index in [0.29, 0.717) is 0 Å². The van der Waals surface area contributed by atoms with E-state index < -0.39 is 28.9 Å². The van der Waals surface area contributed by atoms with Crippen LogP contribution in [-0.2, 0) is 5.41 Å². The molecule has 0 amide bonds. The van der Waals surface area contributed by atoms with Crippen molar-refractivity contribution in [1.29, 1.82) is 0 Å². The van der Waals surface area contributed by atoms with E-state index in [4.69, 9.17) is 7.80 Å². The summed E-state index contributed by atoms with van der Waals surface area (Å²) in [7, 11) is 1.26. The highest BCUT2D eigenvalue weighted by Crippen LogP contribution is 2.56. The number of rotatable bonds is 4. The van der Waals surface area contributed by atoms with Crippen molar-refractivity contribution in [1.82, 2.24) is 0 Å². The lowest BCUT2D eigenvalue weighted by atomic mass is 9.73. The first kappa shape index (κ1) is 19.7. The van der Waals surface area contributed by atoms with Crippen molar-refractivity contribution in [2.24, 2.45) is 0 Å². The molecule has 0 aliphatic heterocycles. The fraction of sp³-hybridized carbons (Fsp3) is 0.250. The maximum Gasteiger partial charge on any atom is 0.411 e. The van der Waals surface area contributed by atoms with Crippen LogP contribution in [0.1, 0.15) is 11.1 Å². The lowest BCUT2D eigenvalue weighted by Crippen LogP contribution is -2.54. The van der Waals surface area contributed by atoms with Crippen molar-refractivity contribution in [3.8, 4) is 11.5 Å². The SMILES string of the molecule is COc1ccc(C(c2ccc(OI)cc2)(C(F)(F)F)C(F)(F)F)cc1. The van der Waals surface area contributed by atoms with E-state index in [0.717, 1.165) is 48.5 Å². The van der Waals surface area contributed by atoms with Gasteiger partial charge in [-0.15, -0.1) is 0 Å². The normalized spacial score (nSPS) is 12.8. The van der Waals surface area contributed by atoms with Gasteiger partial charge in [0.1, 0.15) is 11.5 Å². The zero-order valence-corrected chi connectivity index (χ0v) is 14.7. The largest absolute Gasteiger partial charge is 0.497 e. The molecule has 0 aliphatic carbocycles. The van der Waals surface area contributed by atoms with Gasteiger partial charge in [-0.2, -0.15) is 26.3 Å². The summed E-state index contributed by atoms with van der Waals surface area (Å²) in [5.41, 5.74) is -6.07. The summed E-state index contributed by atoms with van der Waals surface area (Å²) in [6.45, 7) is 0. The van der Waals surface area contributed by atoms with Gasteiger partial charge in [0.15, 0.2) is 23.0 Å². The molecule has 0 aliphatic rings. The van der Waals surface area contributed by atoms with Gasteiger partial charge in [-0.1, -0.05) is 24.3 Å². The Kier molecular flexibility index (Phi) is 5.45. The van der Waals surface area contributed by atoms with Gasteiger partial charge < -0.3 is 7.80 Å². The highest BCUT2D eigenvalue weighted by molar-refractivity contribution is 14.1. The Bertz CT molecular complexity index is 644. The van der Waals surface area contributed by atoms with Gasteiger partial charge in [-0.3, -0.25) is 0 Å². The van der Waals surface area contributed by atoms with E-state index in [-0.39, 0.29) is 11.5 Å². The number of methoxy groups -OCH3 is 1. The van der Waals surface area contributed by atoms with Crippen molar-refractivity contribution in [2.75, 3.05) is 7.11 Å². The molecular weight excluding hydrogens is 465 g/mol. The number of halogens is 7. The molecule has 0 aromatic heterocycles. The molecule has 0 unspecified atom stereocenters. The van der Waals surface area contributed by atoms with Crippen molar-refractivity contribution >= 4 is 23.0 Å². The van der Waals surface area contributed by atoms with Crippen LogP contribution < -0.4 is 7.80 Å². The summed E-state index contributed by atoms with van der Waals surface area (Å²) >= 11 is 1.48. The van der Waals surface area contributed by atoms with Crippen LogP contribution in [0.4, 0.5) is 26.3 Å². The first-order chi connectivity index (χ1) is 11.6. The second-order valence-electron chi connectivity index (χ2n) is 5.08. The minimum atomic E-state index is -5.62. The average molecular weight is 476 g/mol. The van der Waals surface area contributed by atoms with Crippen LogP contribution in [0.2, 0.25) is 0 Å². The summed E-state index contributed by atoms with van der Waals surface area (Å²) in [4.78, 5) is 0. The summed E-state index contributed by atoms with van der Waals surface area (Å²) in [6.07, 6.45) is -11.2. The van der Waals surface area contributed by atoms with Gasteiger partial charge in [0.2, 0.25) is 5.41 Å². The molecule has 0 spiro atoms. The van der Waals surface area contributed by atoms with E-state index >= 15 is 0 Å². The Morgan fingerprint density at radius 1 is 0.680 bits per heavy atom. The second kappa shape index (κ2) is 6.93. The Morgan fingerprint density at radius 2 is 1.04 bits per heavy atom. The molecule has 0 bridgehead atoms. The summed E-state index contributed by atoms with van der Waals surface area (Å²) in [5.74, 6) is 0.285. The third-order valence-electron chi connectivity index (χ3n) is 3.75. The Balaban J connectivity index is 2.80. The first-order valence-electron chi connectivity index (χ1n) is 6.75. The number of hydrogen-bond acceptors (Lipinski definition) is 2. The Morgan fingerprint density at radius 3 is 1.32 bits per heavy atom. The number of benzene rings is 2. The lowest BCUT2D eigenvalue weighted by molar-refractivity contribution is -0.288.